The maximum Gasteiger partial charge on any atom is 1.00 e. The molecule has 0 aliphatic carbocycles. The van der Waals surface area contributed by atoms with Crippen LogP contribution in [-0.4, -0.2) is 50.8 Å². The predicted octanol–water partition coefficient (Wildman–Crippen LogP) is 5.01. The number of rotatable bonds is 9. The maximum atomic E-state index is 12.7. The van der Waals surface area contributed by atoms with Crippen LogP contribution in [0.2, 0.25) is 0 Å². The SMILES string of the molecule is ClCCOc1cccc2[nH]ccc12.O=S(=O)(Cl)c1ccccc1.O=S(=O)(c1ccccc1)n1ccc2c(OCCCl)cccc21.[H-].[Na+]. The van der Waals surface area contributed by atoms with Crippen molar-refractivity contribution in [1.82, 2.24) is 8.96 Å². The van der Waals surface area contributed by atoms with E-state index in [9.17, 15) is 16.8 Å². The summed E-state index contributed by atoms with van der Waals surface area (Å²) in [6.07, 6.45) is 3.44. The third kappa shape index (κ3) is 9.92. The third-order valence-electron chi connectivity index (χ3n) is 6.21. The second-order valence-corrected chi connectivity index (χ2v) is 14.3. The second-order valence-electron chi connectivity index (χ2n) is 9.14. The van der Waals surface area contributed by atoms with Crippen LogP contribution in [0.15, 0.2) is 131 Å². The Labute approximate surface area is 306 Å². The van der Waals surface area contributed by atoms with Crippen LogP contribution in [0.25, 0.3) is 21.8 Å². The molecular formula is C32H30Cl3N2NaO6S2. The van der Waals surface area contributed by atoms with Gasteiger partial charge in [0.05, 0.1) is 27.1 Å². The average molecular weight is 732 g/mol. The summed E-state index contributed by atoms with van der Waals surface area (Å²) in [5.41, 5.74) is 1.67. The zero-order chi connectivity index (χ0) is 32.3. The van der Waals surface area contributed by atoms with Gasteiger partial charge >= 0.3 is 29.6 Å². The molecule has 14 heteroatoms. The molecule has 238 valence electrons. The molecule has 8 nitrogen and oxygen atoms in total. The fourth-order valence-corrected chi connectivity index (χ4v) is 6.53. The van der Waals surface area contributed by atoms with Gasteiger partial charge in [0, 0.05) is 39.4 Å². The maximum absolute atomic E-state index is 12.7. The molecular weight excluding hydrogens is 702 g/mol. The number of hydrogen-bond donors (Lipinski definition) is 1. The van der Waals surface area contributed by atoms with Crippen molar-refractivity contribution in [2.24, 2.45) is 0 Å². The summed E-state index contributed by atoms with van der Waals surface area (Å²) in [4.78, 5) is 3.51. The number of nitrogens with zero attached hydrogens (tertiary/aromatic N) is 1. The van der Waals surface area contributed by atoms with Crippen LogP contribution in [0, 0.1) is 0 Å². The van der Waals surface area contributed by atoms with Gasteiger partial charge in [-0.3, -0.25) is 0 Å². The molecule has 0 unspecified atom stereocenters. The third-order valence-corrected chi connectivity index (χ3v) is 9.59. The summed E-state index contributed by atoms with van der Waals surface area (Å²) < 4.78 is 59.0. The molecule has 0 radical (unpaired) electrons. The first-order chi connectivity index (χ1) is 21.7. The number of hydrogen-bond acceptors (Lipinski definition) is 6. The van der Waals surface area contributed by atoms with Gasteiger partial charge in [-0.1, -0.05) is 48.5 Å². The summed E-state index contributed by atoms with van der Waals surface area (Å²) in [6, 6.07) is 31.2. The Hall–Kier alpha value is -2.67. The van der Waals surface area contributed by atoms with Crippen molar-refractivity contribution in [2.45, 2.75) is 9.79 Å². The van der Waals surface area contributed by atoms with E-state index in [1.807, 2.05) is 30.5 Å². The molecule has 0 spiro atoms. The molecule has 6 rings (SSSR count). The fourth-order valence-electron chi connectivity index (χ4n) is 4.22. The van der Waals surface area contributed by atoms with E-state index in [0.29, 0.717) is 36.2 Å². The number of H-pyrrole nitrogens is 1. The van der Waals surface area contributed by atoms with Gasteiger partial charge in [-0.15, -0.1) is 23.2 Å². The van der Waals surface area contributed by atoms with Crippen LogP contribution < -0.4 is 39.0 Å². The monoisotopic (exact) mass is 730 g/mol. The minimum Gasteiger partial charge on any atom is -1.00 e. The number of aromatic amines is 1. The van der Waals surface area contributed by atoms with Crippen molar-refractivity contribution < 1.29 is 57.3 Å². The van der Waals surface area contributed by atoms with E-state index in [0.717, 1.165) is 22.0 Å². The second kappa shape index (κ2) is 18.0. The van der Waals surface area contributed by atoms with Crippen LogP contribution in [0.4, 0.5) is 0 Å². The number of nitrogens with one attached hydrogen (secondary N) is 1. The van der Waals surface area contributed by atoms with Gasteiger partial charge in [0.15, 0.2) is 0 Å². The number of ether oxygens (including phenoxy) is 2. The summed E-state index contributed by atoms with van der Waals surface area (Å²) in [6.45, 7) is 0.920. The Bertz CT molecular complexity index is 2050. The average Bonchev–Trinajstić information content (AvgIpc) is 3.73. The van der Waals surface area contributed by atoms with E-state index in [4.69, 9.17) is 43.4 Å². The summed E-state index contributed by atoms with van der Waals surface area (Å²) >= 11 is 11.2. The van der Waals surface area contributed by atoms with Crippen LogP contribution in [0.3, 0.4) is 0 Å². The van der Waals surface area contributed by atoms with Crippen molar-refractivity contribution in [3.63, 3.8) is 0 Å². The van der Waals surface area contributed by atoms with Gasteiger partial charge in [0.1, 0.15) is 24.7 Å². The Morgan fingerprint density at radius 1 is 0.652 bits per heavy atom. The molecule has 0 aliphatic rings. The van der Waals surface area contributed by atoms with E-state index in [-0.39, 0.29) is 40.8 Å². The first-order valence-electron chi connectivity index (χ1n) is 13.5. The van der Waals surface area contributed by atoms with Crippen LogP contribution in [-0.2, 0) is 19.1 Å². The number of benzene rings is 4. The number of aromatic nitrogens is 2. The minimum absolute atomic E-state index is 0. The number of halogens is 3. The van der Waals surface area contributed by atoms with E-state index >= 15 is 0 Å². The van der Waals surface area contributed by atoms with Gasteiger partial charge in [-0.2, -0.15) is 0 Å². The molecule has 4 aromatic carbocycles. The van der Waals surface area contributed by atoms with Gasteiger partial charge in [-0.05, 0) is 60.7 Å². The molecule has 2 heterocycles. The molecule has 0 atom stereocenters. The van der Waals surface area contributed by atoms with Crippen LogP contribution in [0.1, 0.15) is 1.43 Å². The number of fused-ring (bicyclic) bond motifs is 2. The number of alkyl halides is 2. The Balaban J connectivity index is 0.000000263. The van der Waals surface area contributed by atoms with Gasteiger partial charge in [0.2, 0.25) is 0 Å². The van der Waals surface area contributed by atoms with Crippen molar-refractivity contribution in [3.05, 3.63) is 122 Å². The molecule has 0 amide bonds. The zero-order valence-corrected chi connectivity index (χ0v) is 30.6. The first-order valence-corrected chi connectivity index (χ1v) is 18.3. The molecule has 0 fully saturated rings. The molecule has 0 saturated carbocycles. The quantitative estimate of drug-likeness (QED) is 0.127. The minimum atomic E-state index is -3.62. The molecule has 1 N–H and O–H groups in total. The van der Waals surface area contributed by atoms with E-state index in [2.05, 4.69) is 4.98 Å². The van der Waals surface area contributed by atoms with Crippen molar-refractivity contribution >= 4 is 74.8 Å². The zero-order valence-electron chi connectivity index (χ0n) is 25.7. The molecule has 46 heavy (non-hydrogen) atoms. The van der Waals surface area contributed by atoms with Gasteiger partial charge < -0.3 is 15.9 Å². The van der Waals surface area contributed by atoms with E-state index in [1.54, 1.807) is 79.0 Å². The molecule has 0 saturated heterocycles. The standard InChI is InChI=1S/C16H14ClNO3S.C10H10ClNO.C6H5ClO2S.Na.H/c17-10-12-21-16-8-4-7-15-14(16)9-11-18(15)22(19,20)13-5-2-1-3-6-13;11-5-7-13-10-3-1-2-9-8(10)4-6-12-9;7-10(8,9)6-4-2-1-3-5-6;;/h1-9,11H,10,12H2;1-4,6,12H,5,7H2;1-5H;;/q;;;+1;-1. The summed E-state index contributed by atoms with van der Waals surface area (Å²) in [5.74, 6) is 2.40. The van der Waals surface area contributed by atoms with Crippen molar-refractivity contribution in [3.8, 4) is 11.5 Å². The van der Waals surface area contributed by atoms with Crippen LogP contribution in [0.5, 0.6) is 11.5 Å². The largest absolute Gasteiger partial charge is 1.00 e. The topological polar surface area (TPSA) is 107 Å². The van der Waals surface area contributed by atoms with Crippen molar-refractivity contribution in [2.75, 3.05) is 25.0 Å². The Morgan fingerprint density at radius 3 is 1.74 bits per heavy atom. The van der Waals surface area contributed by atoms with E-state index < -0.39 is 19.1 Å². The van der Waals surface area contributed by atoms with Gasteiger partial charge in [-0.25, -0.2) is 20.8 Å². The fraction of sp³-hybridized carbons (Fsp3) is 0.125. The Morgan fingerprint density at radius 2 is 1.20 bits per heavy atom. The van der Waals surface area contributed by atoms with Crippen LogP contribution >= 0.6 is 33.9 Å². The predicted molar refractivity (Wildman–Crippen MR) is 182 cm³/mol. The van der Waals surface area contributed by atoms with Gasteiger partial charge in [0.25, 0.3) is 19.1 Å². The molecule has 0 bridgehead atoms. The first kappa shape index (κ1) is 37.8. The smallest absolute Gasteiger partial charge is 1.00 e. The molecule has 2 aromatic heterocycles. The summed E-state index contributed by atoms with van der Waals surface area (Å²) in [7, 11) is -2.12. The Kier molecular flexibility index (Phi) is 14.8. The normalized spacial score (nSPS) is 11.0. The molecule has 0 aliphatic heterocycles. The van der Waals surface area contributed by atoms with Crippen molar-refractivity contribution in [1.29, 1.82) is 0 Å². The summed E-state index contributed by atoms with van der Waals surface area (Å²) in [5, 5.41) is 1.85. The molecule has 6 aromatic rings. The van der Waals surface area contributed by atoms with E-state index in [1.165, 1.54) is 16.1 Å².